The Bertz CT molecular complexity index is 683. The van der Waals surface area contributed by atoms with Gasteiger partial charge in [-0.2, -0.15) is 5.26 Å². The van der Waals surface area contributed by atoms with E-state index in [1.807, 2.05) is 6.07 Å². The van der Waals surface area contributed by atoms with Gasteiger partial charge in [0.1, 0.15) is 11.9 Å². The highest BCUT2D eigenvalue weighted by Crippen LogP contribution is 2.10. The molecule has 0 aliphatic carbocycles. The molecule has 90 valence electrons. The second kappa shape index (κ2) is 4.84. The fourth-order valence-corrected chi connectivity index (χ4v) is 1.78. The lowest BCUT2D eigenvalue weighted by atomic mass is 10.0. The fraction of sp³-hybridized carbons (Fsp3) is 0.143. The molecule has 4 heteroatoms. The van der Waals surface area contributed by atoms with Crippen LogP contribution in [0.5, 0.6) is 0 Å². The average Bonchev–Trinajstić information content (AvgIpc) is 2.33. The zero-order valence-electron chi connectivity index (χ0n) is 9.83. The van der Waals surface area contributed by atoms with Gasteiger partial charge in [-0.3, -0.25) is 4.79 Å². The Morgan fingerprint density at radius 1 is 1.39 bits per heavy atom. The molecule has 0 aliphatic heterocycles. The molecule has 0 radical (unpaired) electrons. The number of H-pyrrole nitrogens is 1. The number of aryl methyl sites for hydroxylation is 1. The van der Waals surface area contributed by atoms with Crippen molar-refractivity contribution in [2.75, 3.05) is 0 Å². The minimum atomic E-state index is -0.337. The molecule has 18 heavy (non-hydrogen) atoms. The maximum absolute atomic E-state index is 13.0. The molecule has 3 nitrogen and oxygen atoms in total. The van der Waals surface area contributed by atoms with Crippen LogP contribution in [-0.4, -0.2) is 4.98 Å². The van der Waals surface area contributed by atoms with Crippen LogP contribution in [0.3, 0.4) is 0 Å². The summed E-state index contributed by atoms with van der Waals surface area (Å²) in [6, 6.07) is 9.64. The van der Waals surface area contributed by atoms with Crippen molar-refractivity contribution < 1.29 is 4.39 Å². The maximum atomic E-state index is 13.0. The number of nitrogens with one attached hydrogen (secondary N) is 1. The molecule has 0 unspecified atom stereocenters. The van der Waals surface area contributed by atoms with E-state index in [0.29, 0.717) is 28.8 Å². The number of nitriles is 1. The lowest BCUT2D eigenvalue weighted by Gasteiger charge is -2.04. The van der Waals surface area contributed by atoms with Gasteiger partial charge >= 0.3 is 0 Å². The quantitative estimate of drug-likeness (QED) is 0.878. The smallest absolute Gasteiger partial charge is 0.251 e. The Hall–Kier alpha value is -2.41. The minimum Gasteiger partial charge on any atom is -0.325 e. The van der Waals surface area contributed by atoms with Crippen molar-refractivity contribution in [1.29, 1.82) is 5.26 Å². The molecule has 1 aromatic heterocycles. The van der Waals surface area contributed by atoms with Gasteiger partial charge in [-0.25, -0.2) is 4.39 Å². The van der Waals surface area contributed by atoms with Crippen LogP contribution in [0.2, 0.25) is 0 Å². The van der Waals surface area contributed by atoms with Crippen LogP contribution in [0, 0.1) is 24.1 Å². The summed E-state index contributed by atoms with van der Waals surface area (Å²) in [4.78, 5) is 14.4. The summed E-state index contributed by atoms with van der Waals surface area (Å²) in [5, 5.41) is 8.91. The van der Waals surface area contributed by atoms with Gasteiger partial charge in [0.2, 0.25) is 0 Å². The number of benzene rings is 1. The van der Waals surface area contributed by atoms with Gasteiger partial charge in [0.05, 0.1) is 5.56 Å². The number of rotatable bonds is 2. The van der Waals surface area contributed by atoms with Crippen LogP contribution in [-0.2, 0) is 6.42 Å². The van der Waals surface area contributed by atoms with Crippen molar-refractivity contribution in [1.82, 2.24) is 4.98 Å². The molecule has 0 saturated heterocycles. The Kier molecular flexibility index (Phi) is 3.24. The van der Waals surface area contributed by atoms with Crippen molar-refractivity contribution in [3.8, 4) is 6.07 Å². The summed E-state index contributed by atoms with van der Waals surface area (Å²) < 4.78 is 13.0. The van der Waals surface area contributed by atoms with Crippen LogP contribution >= 0.6 is 0 Å². The number of pyridine rings is 1. The highest BCUT2D eigenvalue weighted by atomic mass is 19.1. The predicted molar refractivity (Wildman–Crippen MR) is 65.7 cm³/mol. The first kappa shape index (κ1) is 12.1. The summed E-state index contributed by atoms with van der Waals surface area (Å²) in [5.41, 5.74) is 1.90. The first-order valence-corrected chi connectivity index (χ1v) is 5.47. The topological polar surface area (TPSA) is 56.6 Å². The van der Waals surface area contributed by atoms with Crippen molar-refractivity contribution in [2.45, 2.75) is 13.3 Å². The minimum absolute atomic E-state index is 0.240. The molecule has 0 amide bonds. The van der Waals surface area contributed by atoms with Crippen LogP contribution in [0.4, 0.5) is 4.39 Å². The second-order valence-electron chi connectivity index (χ2n) is 4.08. The number of nitrogens with zero attached hydrogens (tertiary/aromatic N) is 1. The van der Waals surface area contributed by atoms with E-state index in [4.69, 9.17) is 5.26 Å². The molecule has 1 heterocycles. The summed E-state index contributed by atoms with van der Waals surface area (Å²) in [7, 11) is 0. The third-order valence-electron chi connectivity index (χ3n) is 2.72. The van der Waals surface area contributed by atoms with E-state index < -0.39 is 0 Å². The van der Waals surface area contributed by atoms with E-state index >= 15 is 0 Å². The molecular formula is C14H11FN2O. The van der Waals surface area contributed by atoms with Crippen molar-refractivity contribution >= 4 is 0 Å². The standard InChI is InChI=1S/C14H11FN2O/c1-9-12(8-16)7-11(14(18)17-9)5-10-3-2-4-13(15)6-10/h2-4,6-7H,5H2,1H3,(H,17,18). The third kappa shape index (κ3) is 2.46. The summed E-state index contributed by atoms with van der Waals surface area (Å²) >= 11 is 0. The van der Waals surface area contributed by atoms with Gasteiger partial charge in [0.25, 0.3) is 5.56 Å². The monoisotopic (exact) mass is 242 g/mol. The first-order valence-electron chi connectivity index (χ1n) is 5.47. The van der Waals surface area contributed by atoms with Gasteiger partial charge in [0, 0.05) is 17.7 Å². The largest absolute Gasteiger partial charge is 0.325 e. The van der Waals surface area contributed by atoms with E-state index in [2.05, 4.69) is 4.98 Å². The van der Waals surface area contributed by atoms with Crippen molar-refractivity contribution in [3.63, 3.8) is 0 Å². The molecule has 0 saturated carbocycles. The van der Waals surface area contributed by atoms with Gasteiger partial charge < -0.3 is 4.98 Å². The highest BCUT2D eigenvalue weighted by molar-refractivity contribution is 5.37. The van der Waals surface area contributed by atoms with Gasteiger partial charge in [-0.15, -0.1) is 0 Å². The number of aromatic amines is 1. The predicted octanol–water partition coefficient (Wildman–Crippen LogP) is 2.28. The summed E-state index contributed by atoms with van der Waals surface area (Å²) in [6.07, 6.45) is 0.308. The van der Waals surface area contributed by atoms with Crippen LogP contribution in [0.15, 0.2) is 35.1 Å². The third-order valence-corrected chi connectivity index (χ3v) is 2.72. The van der Waals surface area contributed by atoms with Crippen molar-refractivity contribution in [2.24, 2.45) is 0 Å². The molecular weight excluding hydrogens is 231 g/mol. The Balaban J connectivity index is 2.41. The molecule has 0 spiro atoms. The molecule has 1 aromatic carbocycles. The van der Waals surface area contributed by atoms with Crippen molar-refractivity contribution in [3.05, 3.63) is 68.9 Å². The van der Waals surface area contributed by atoms with E-state index in [-0.39, 0.29) is 11.4 Å². The van der Waals surface area contributed by atoms with E-state index in [1.54, 1.807) is 25.1 Å². The lowest BCUT2D eigenvalue weighted by Crippen LogP contribution is -2.15. The Morgan fingerprint density at radius 2 is 2.17 bits per heavy atom. The summed E-state index contributed by atoms with van der Waals surface area (Å²) in [5.74, 6) is -0.337. The number of aromatic nitrogens is 1. The highest BCUT2D eigenvalue weighted by Gasteiger charge is 2.06. The maximum Gasteiger partial charge on any atom is 0.251 e. The summed E-state index contributed by atoms with van der Waals surface area (Å²) in [6.45, 7) is 1.67. The Morgan fingerprint density at radius 3 is 2.83 bits per heavy atom. The first-order chi connectivity index (χ1) is 8.60. The SMILES string of the molecule is Cc1[nH]c(=O)c(Cc2cccc(F)c2)cc1C#N. The zero-order chi connectivity index (χ0) is 13.1. The van der Waals surface area contributed by atoms with E-state index in [1.165, 1.54) is 12.1 Å². The van der Waals surface area contributed by atoms with Crippen LogP contribution in [0.1, 0.15) is 22.4 Å². The second-order valence-corrected chi connectivity index (χ2v) is 4.08. The normalized spacial score (nSPS) is 10.1. The molecule has 0 atom stereocenters. The van der Waals surface area contributed by atoms with Gasteiger partial charge in [0.15, 0.2) is 0 Å². The molecule has 0 fully saturated rings. The van der Waals surface area contributed by atoms with Gasteiger partial charge in [-0.05, 0) is 30.7 Å². The molecule has 0 aliphatic rings. The number of hydrogen-bond donors (Lipinski definition) is 1. The van der Waals surface area contributed by atoms with E-state index in [0.717, 1.165) is 0 Å². The molecule has 0 bridgehead atoms. The van der Waals surface area contributed by atoms with Crippen LogP contribution < -0.4 is 5.56 Å². The van der Waals surface area contributed by atoms with E-state index in [9.17, 15) is 9.18 Å². The fourth-order valence-electron chi connectivity index (χ4n) is 1.78. The average molecular weight is 242 g/mol. The van der Waals surface area contributed by atoms with Gasteiger partial charge in [-0.1, -0.05) is 12.1 Å². The molecule has 2 aromatic rings. The number of halogens is 1. The lowest BCUT2D eigenvalue weighted by molar-refractivity contribution is 0.626. The van der Waals surface area contributed by atoms with Crippen LogP contribution in [0.25, 0.3) is 0 Å². The zero-order valence-corrected chi connectivity index (χ0v) is 9.83. The molecule has 1 N–H and O–H groups in total. The number of hydrogen-bond acceptors (Lipinski definition) is 2. The Labute approximate surface area is 104 Å². The molecule has 2 rings (SSSR count).